The molecule has 1 aromatic carbocycles. The van der Waals surface area contributed by atoms with E-state index in [4.69, 9.17) is 15.6 Å². The third-order valence-corrected chi connectivity index (χ3v) is 6.60. The summed E-state index contributed by atoms with van der Waals surface area (Å²) >= 11 is 0. The number of phenolic OH excluding ortho intramolecular Hbond substituents is 1. The molecule has 4 aromatic rings. The van der Waals surface area contributed by atoms with Gasteiger partial charge < -0.3 is 21.5 Å². The summed E-state index contributed by atoms with van der Waals surface area (Å²) in [4.78, 5) is 10.2. The number of rotatable bonds is 8. The number of pyridine rings is 1. The molecule has 1 saturated heterocycles. The van der Waals surface area contributed by atoms with Gasteiger partial charge in [0.2, 0.25) is 6.20 Å². The highest BCUT2D eigenvalue weighted by Gasteiger charge is 2.21. The van der Waals surface area contributed by atoms with Gasteiger partial charge in [0.1, 0.15) is 18.7 Å². The van der Waals surface area contributed by atoms with E-state index in [1.54, 1.807) is 36.2 Å². The van der Waals surface area contributed by atoms with Crippen LogP contribution in [-0.4, -0.2) is 46.8 Å². The van der Waals surface area contributed by atoms with Crippen LogP contribution in [0.3, 0.4) is 0 Å². The minimum Gasteiger partial charge on any atom is -0.508 e. The second-order valence-corrected chi connectivity index (χ2v) is 8.92. The summed E-state index contributed by atoms with van der Waals surface area (Å²) in [5.74, 6) is 0.579. The van der Waals surface area contributed by atoms with Crippen molar-refractivity contribution in [3.8, 4) is 17.0 Å². The molecule has 5 N–H and O–H groups in total. The van der Waals surface area contributed by atoms with E-state index < -0.39 is 0 Å². The zero-order chi connectivity index (χ0) is 25.1. The van der Waals surface area contributed by atoms with Crippen molar-refractivity contribution in [2.24, 2.45) is 10.7 Å². The molecule has 0 aliphatic carbocycles. The van der Waals surface area contributed by atoms with Gasteiger partial charge >= 0.3 is 0 Å². The molecular weight excluding hydrogens is 454 g/mol. The largest absolute Gasteiger partial charge is 0.508 e. The molecule has 0 radical (unpaired) electrons. The molecular formula is C27H32N7O2+. The monoisotopic (exact) mass is 486 g/mol. The maximum atomic E-state index is 9.87. The van der Waals surface area contributed by atoms with Crippen molar-refractivity contribution >= 4 is 22.7 Å². The van der Waals surface area contributed by atoms with Crippen LogP contribution in [0.1, 0.15) is 30.9 Å². The average Bonchev–Trinajstić information content (AvgIpc) is 3.58. The van der Waals surface area contributed by atoms with Crippen LogP contribution < -0.4 is 25.9 Å². The van der Waals surface area contributed by atoms with Crippen LogP contribution in [-0.2, 0) is 6.42 Å². The van der Waals surface area contributed by atoms with Crippen LogP contribution in [0.25, 0.3) is 16.8 Å². The predicted molar refractivity (Wildman–Crippen MR) is 141 cm³/mol. The standard InChI is InChI=1S/C27H31N7O2/c1-3-18-13-21(35)9-10-23(18)32-27(28)22-16-31-33-17-19(24-8-4-5-12-34(24)36-2)14-25(33)26(22)30-15-20-7-6-11-29-20/h4-5,8-10,12-14,16-17,20,29H,3,6-7,11,15H2,1-2H3,(H3-,28,30,31,32,35)/p+1. The van der Waals surface area contributed by atoms with Crippen LogP contribution in [0.2, 0.25) is 0 Å². The van der Waals surface area contributed by atoms with Crippen molar-refractivity contribution in [1.82, 2.24) is 14.9 Å². The number of phenols is 1. The fraction of sp³-hybridized carbons (Fsp3) is 0.296. The van der Waals surface area contributed by atoms with Crippen LogP contribution >= 0.6 is 0 Å². The third kappa shape index (κ3) is 4.70. The van der Waals surface area contributed by atoms with Gasteiger partial charge in [-0.2, -0.15) is 5.10 Å². The van der Waals surface area contributed by atoms with Gasteiger partial charge in [-0.3, -0.25) is 4.84 Å². The first-order valence-electron chi connectivity index (χ1n) is 12.3. The van der Waals surface area contributed by atoms with E-state index in [1.807, 2.05) is 42.0 Å². The zero-order valence-corrected chi connectivity index (χ0v) is 20.6. The van der Waals surface area contributed by atoms with Gasteiger partial charge in [0.05, 0.1) is 34.2 Å². The SMILES string of the molecule is CCc1cc(O)ccc1N=C(N)c1cnn2cc(-c3cccc[n+]3OC)cc2c1NCC1CCCN1. The number of aliphatic imine (C=N–C) groups is 1. The van der Waals surface area contributed by atoms with E-state index in [9.17, 15) is 5.11 Å². The highest BCUT2D eigenvalue weighted by molar-refractivity contribution is 6.06. The number of nitrogens with zero attached hydrogens (tertiary/aromatic N) is 4. The lowest BCUT2D eigenvalue weighted by Gasteiger charge is -2.17. The van der Waals surface area contributed by atoms with E-state index >= 15 is 0 Å². The van der Waals surface area contributed by atoms with E-state index in [0.29, 0.717) is 11.9 Å². The molecule has 1 fully saturated rings. The van der Waals surface area contributed by atoms with E-state index in [2.05, 4.69) is 21.8 Å². The fourth-order valence-electron chi connectivity index (χ4n) is 4.70. The maximum absolute atomic E-state index is 9.87. The Hall–Kier alpha value is -4.11. The van der Waals surface area contributed by atoms with Crippen molar-refractivity contribution in [3.05, 3.63) is 72.2 Å². The van der Waals surface area contributed by atoms with E-state index in [0.717, 1.165) is 65.2 Å². The number of hydrogen-bond donors (Lipinski definition) is 4. The number of aromatic nitrogens is 3. The summed E-state index contributed by atoms with van der Waals surface area (Å²) in [6.45, 7) is 3.83. The number of nitrogens with two attached hydrogens (primary N) is 1. The van der Waals surface area contributed by atoms with E-state index in [-0.39, 0.29) is 5.75 Å². The lowest BCUT2D eigenvalue weighted by molar-refractivity contribution is -0.876. The molecule has 0 amide bonds. The minimum absolute atomic E-state index is 0.216. The summed E-state index contributed by atoms with van der Waals surface area (Å²) in [6.07, 6.45) is 8.64. The molecule has 0 bridgehead atoms. The first kappa shape index (κ1) is 23.6. The number of aryl methyl sites for hydroxylation is 1. The van der Waals surface area contributed by atoms with Gasteiger partial charge in [-0.15, -0.1) is 0 Å². The predicted octanol–water partition coefficient (Wildman–Crippen LogP) is 2.82. The Morgan fingerprint density at radius 3 is 3.00 bits per heavy atom. The molecule has 5 rings (SSSR count). The normalized spacial score (nSPS) is 15.9. The Balaban J connectivity index is 1.60. The van der Waals surface area contributed by atoms with Gasteiger partial charge in [-0.25, -0.2) is 9.51 Å². The molecule has 9 nitrogen and oxygen atoms in total. The van der Waals surface area contributed by atoms with Crippen molar-refractivity contribution < 1.29 is 14.7 Å². The Labute approximate surface area is 210 Å². The van der Waals surface area contributed by atoms with Gasteiger partial charge in [0.15, 0.2) is 0 Å². The molecule has 1 aliphatic heterocycles. The highest BCUT2D eigenvalue weighted by atomic mass is 16.6. The second-order valence-electron chi connectivity index (χ2n) is 8.92. The molecule has 1 aliphatic rings. The third-order valence-electron chi connectivity index (χ3n) is 6.60. The number of anilines is 1. The maximum Gasteiger partial charge on any atom is 0.266 e. The van der Waals surface area contributed by atoms with Crippen LogP contribution in [0, 0.1) is 0 Å². The van der Waals surface area contributed by atoms with Crippen molar-refractivity contribution in [1.29, 1.82) is 0 Å². The Bertz CT molecular complexity index is 1410. The summed E-state index contributed by atoms with van der Waals surface area (Å²) in [5.41, 5.74) is 12.6. The summed E-state index contributed by atoms with van der Waals surface area (Å²) < 4.78 is 3.57. The molecule has 36 heavy (non-hydrogen) atoms. The average molecular weight is 487 g/mol. The summed E-state index contributed by atoms with van der Waals surface area (Å²) in [6, 6.07) is 13.5. The fourth-order valence-corrected chi connectivity index (χ4v) is 4.70. The number of fused-ring (bicyclic) bond motifs is 1. The number of benzene rings is 1. The molecule has 3 aromatic heterocycles. The molecule has 186 valence electrons. The quantitative estimate of drug-likeness (QED) is 0.173. The highest BCUT2D eigenvalue weighted by Crippen LogP contribution is 2.29. The lowest BCUT2D eigenvalue weighted by atomic mass is 10.1. The molecule has 0 spiro atoms. The van der Waals surface area contributed by atoms with Crippen molar-refractivity contribution in [3.63, 3.8) is 0 Å². The zero-order valence-electron chi connectivity index (χ0n) is 20.6. The smallest absolute Gasteiger partial charge is 0.266 e. The Morgan fingerprint density at radius 1 is 1.33 bits per heavy atom. The Kier molecular flexibility index (Phi) is 6.73. The van der Waals surface area contributed by atoms with E-state index in [1.165, 1.54) is 6.42 Å². The van der Waals surface area contributed by atoms with Crippen molar-refractivity contribution in [2.45, 2.75) is 32.2 Å². The number of aromatic hydroxyl groups is 1. The topological polar surface area (TPSA) is 113 Å². The molecule has 9 heteroatoms. The Morgan fingerprint density at radius 2 is 2.22 bits per heavy atom. The molecule has 1 unspecified atom stereocenters. The summed E-state index contributed by atoms with van der Waals surface area (Å²) in [7, 11) is 1.64. The number of nitrogens with one attached hydrogen (secondary N) is 2. The molecule has 4 heterocycles. The van der Waals surface area contributed by atoms with Gasteiger partial charge in [-0.05, 0) is 61.7 Å². The summed E-state index contributed by atoms with van der Waals surface area (Å²) in [5, 5.41) is 21.7. The van der Waals surface area contributed by atoms with Gasteiger partial charge in [0.25, 0.3) is 5.69 Å². The molecule has 1 atom stereocenters. The van der Waals surface area contributed by atoms with Crippen molar-refractivity contribution in [2.75, 3.05) is 25.5 Å². The van der Waals surface area contributed by atoms with Crippen LogP contribution in [0.15, 0.2) is 66.0 Å². The minimum atomic E-state index is 0.216. The lowest BCUT2D eigenvalue weighted by Crippen LogP contribution is -2.41. The van der Waals surface area contributed by atoms with Gasteiger partial charge in [-0.1, -0.05) is 6.92 Å². The number of hydrogen-bond acceptors (Lipinski definition) is 6. The number of amidine groups is 1. The van der Waals surface area contributed by atoms with Crippen LogP contribution in [0.4, 0.5) is 11.4 Å². The first-order valence-corrected chi connectivity index (χ1v) is 12.3. The van der Waals surface area contributed by atoms with Crippen LogP contribution in [0.5, 0.6) is 5.75 Å². The first-order chi connectivity index (χ1) is 17.6. The molecule has 0 saturated carbocycles. The second kappa shape index (κ2) is 10.2. The van der Waals surface area contributed by atoms with Gasteiger partial charge in [0, 0.05) is 35.6 Å².